The van der Waals surface area contributed by atoms with Crippen molar-refractivity contribution in [1.29, 1.82) is 0 Å². The summed E-state index contributed by atoms with van der Waals surface area (Å²) in [5.74, 6) is 0.534. The molecule has 5 nitrogen and oxygen atoms in total. The van der Waals surface area contributed by atoms with Crippen LogP contribution in [0.1, 0.15) is 28.8 Å². The number of nitrogens with one attached hydrogen (secondary N) is 1. The molecule has 1 aliphatic heterocycles. The standard InChI is InChI=1S/C22H25N3O2/c1-15-6-7-20-19(12-15)21(24-25(20)2)17-4-3-5-18(13-17)22(26)23-10-8-16-9-11-27-14-16/h3-7,12-13,16H,8-11,14H2,1-2H3,(H,23,26)/t16-/m1/s1. The van der Waals surface area contributed by atoms with Gasteiger partial charge in [0.05, 0.1) is 5.52 Å². The zero-order chi connectivity index (χ0) is 18.8. The second-order valence-electron chi connectivity index (χ2n) is 7.35. The highest BCUT2D eigenvalue weighted by molar-refractivity contribution is 5.98. The Kier molecular flexibility index (Phi) is 4.94. The van der Waals surface area contributed by atoms with Gasteiger partial charge in [-0.15, -0.1) is 0 Å². The predicted molar refractivity (Wildman–Crippen MR) is 107 cm³/mol. The predicted octanol–water partition coefficient (Wildman–Crippen LogP) is 3.71. The van der Waals surface area contributed by atoms with Gasteiger partial charge in [0, 0.05) is 43.3 Å². The van der Waals surface area contributed by atoms with Gasteiger partial charge in [-0.2, -0.15) is 5.10 Å². The molecule has 0 radical (unpaired) electrons. The molecule has 4 rings (SSSR count). The topological polar surface area (TPSA) is 56.1 Å². The van der Waals surface area contributed by atoms with Crippen molar-refractivity contribution in [3.05, 3.63) is 53.6 Å². The van der Waals surface area contributed by atoms with Crippen LogP contribution in [-0.4, -0.2) is 35.4 Å². The molecule has 1 aliphatic rings. The largest absolute Gasteiger partial charge is 0.381 e. The van der Waals surface area contributed by atoms with Gasteiger partial charge in [-0.25, -0.2) is 0 Å². The number of aryl methyl sites for hydroxylation is 2. The molecular weight excluding hydrogens is 338 g/mol. The zero-order valence-electron chi connectivity index (χ0n) is 15.9. The van der Waals surface area contributed by atoms with E-state index >= 15 is 0 Å². The molecule has 0 bridgehead atoms. The number of hydrogen-bond donors (Lipinski definition) is 1. The van der Waals surface area contributed by atoms with E-state index in [1.54, 1.807) is 0 Å². The quantitative estimate of drug-likeness (QED) is 0.752. The third-order valence-corrected chi connectivity index (χ3v) is 5.27. The van der Waals surface area contributed by atoms with Gasteiger partial charge in [-0.1, -0.05) is 23.8 Å². The Balaban J connectivity index is 1.54. The van der Waals surface area contributed by atoms with Crippen molar-refractivity contribution in [3.8, 4) is 11.3 Å². The van der Waals surface area contributed by atoms with Crippen molar-refractivity contribution in [2.24, 2.45) is 13.0 Å². The summed E-state index contributed by atoms with van der Waals surface area (Å²) in [5, 5.41) is 8.83. The Morgan fingerprint density at radius 1 is 1.30 bits per heavy atom. The Morgan fingerprint density at radius 3 is 3.00 bits per heavy atom. The van der Waals surface area contributed by atoms with E-state index in [1.165, 1.54) is 5.56 Å². The zero-order valence-corrected chi connectivity index (χ0v) is 15.9. The highest BCUT2D eigenvalue weighted by Crippen LogP contribution is 2.29. The Morgan fingerprint density at radius 2 is 2.19 bits per heavy atom. The fraction of sp³-hybridized carbons (Fsp3) is 0.364. The van der Waals surface area contributed by atoms with Gasteiger partial charge < -0.3 is 10.1 Å². The molecule has 3 aromatic rings. The molecule has 1 amide bonds. The van der Waals surface area contributed by atoms with Crippen molar-refractivity contribution in [2.45, 2.75) is 19.8 Å². The number of aromatic nitrogens is 2. The maximum atomic E-state index is 12.6. The third kappa shape index (κ3) is 3.74. The Hall–Kier alpha value is -2.66. The van der Waals surface area contributed by atoms with E-state index in [0.717, 1.165) is 48.2 Å². The first-order valence-electron chi connectivity index (χ1n) is 9.51. The van der Waals surface area contributed by atoms with E-state index < -0.39 is 0 Å². The number of ether oxygens (including phenoxy) is 1. The summed E-state index contributed by atoms with van der Waals surface area (Å²) < 4.78 is 7.28. The fourth-order valence-corrected chi connectivity index (χ4v) is 3.70. The number of hydrogen-bond acceptors (Lipinski definition) is 3. The lowest BCUT2D eigenvalue weighted by Gasteiger charge is -2.09. The Bertz CT molecular complexity index is 971. The van der Waals surface area contributed by atoms with Gasteiger partial charge in [0.1, 0.15) is 5.69 Å². The molecule has 1 fully saturated rings. The van der Waals surface area contributed by atoms with Gasteiger partial charge in [-0.05, 0) is 49.9 Å². The van der Waals surface area contributed by atoms with Crippen LogP contribution in [-0.2, 0) is 11.8 Å². The monoisotopic (exact) mass is 363 g/mol. The molecule has 5 heteroatoms. The van der Waals surface area contributed by atoms with Crippen molar-refractivity contribution in [3.63, 3.8) is 0 Å². The van der Waals surface area contributed by atoms with Crippen LogP contribution in [0.4, 0.5) is 0 Å². The Labute approximate surface area is 159 Å². The van der Waals surface area contributed by atoms with E-state index in [1.807, 2.05) is 36.0 Å². The van der Waals surface area contributed by atoms with E-state index in [0.29, 0.717) is 18.0 Å². The van der Waals surface area contributed by atoms with E-state index in [-0.39, 0.29) is 5.91 Å². The van der Waals surface area contributed by atoms with E-state index in [9.17, 15) is 4.79 Å². The summed E-state index contributed by atoms with van der Waals surface area (Å²) in [6, 6.07) is 14.0. The molecule has 27 heavy (non-hydrogen) atoms. The van der Waals surface area contributed by atoms with E-state index in [2.05, 4.69) is 35.5 Å². The highest BCUT2D eigenvalue weighted by atomic mass is 16.5. The number of nitrogens with zero attached hydrogens (tertiary/aromatic N) is 2. The van der Waals surface area contributed by atoms with Gasteiger partial charge >= 0.3 is 0 Å². The summed E-state index contributed by atoms with van der Waals surface area (Å²) in [6.07, 6.45) is 2.06. The van der Waals surface area contributed by atoms with Crippen LogP contribution in [0, 0.1) is 12.8 Å². The molecule has 0 unspecified atom stereocenters. The average molecular weight is 363 g/mol. The molecule has 0 aliphatic carbocycles. The average Bonchev–Trinajstić information content (AvgIpc) is 3.30. The molecule has 2 aromatic carbocycles. The minimum absolute atomic E-state index is 0.0350. The van der Waals surface area contributed by atoms with Gasteiger partial charge in [0.2, 0.25) is 0 Å². The highest BCUT2D eigenvalue weighted by Gasteiger charge is 2.16. The maximum Gasteiger partial charge on any atom is 0.251 e. The number of carbonyl (C=O) groups excluding carboxylic acids is 1. The lowest BCUT2D eigenvalue weighted by molar-refractivity contribution is 0.0950. The number of benzene rings is 2. The number of amides is 1. The first kappa shape index (κ1) is 17.7. The van der Waals surface area contributed by atoms with Crippen molar-refractivity contribution < 1.29 is 9.53 Å². The summed E-state index contributed by atoms with van der Waals surface area (Å²) >= 11 is 0. The SMILES string of the molecule is Cc1ccc2c(c1)c(-c1cccc(C(=O)NCC[C@@H]3CCOC3)c1)nn2C. The van der Waals surface area contributed by atoms with Crippen LogP contribution in [0.25, 0.3) is 22.2 Å². The molecule has 0 saturated carbocycles. The summed E-state index contributed by atoms with van der Waals surface area (Å²) in [4.78, 5) is 12.6. The van der Waals surface area contributed by atoms with Crippen molar-refractivity contribution in [1.82, 2.24) is 15.1 Å². The molecule has 1 aromatic heterocycles. The molecule has 1 N–H and O–H groups in total. The molecule has 2 heterocycles. The third-order valence-electron chi connectivity index (χ3n) is 5.27. The van der Waals surface area contributed by atoms with Crippen LogP contribution in [0.5, 0.6) is 0 Å². The fourth-order valence-electron chi connectivity index (χ4n) is 3.70. The van der Waals surface area contributed by atoms with Gasteiger partial charge in [0.25, 0.3) is 5.91 Å². The summed E-state index contributed by atoms with van der Waals surface area (Å²) in [5.41, 5.74) is 4.82. The summed E-state index contributed by atoms with van der Waals surface area (Å²) in [7, 11) is 1.95. The van der Waals surface area contributed by atoms with Crippen LogP contribution < -0.4 is 5.32 Å². The van der Waals surface area contributed by atoms with Gasteiger partial charge in [-0.3, -0.25) is 9.48 Å². The smallest absolute Gasteiger partial charge is 0.251 e. The lowest BCUT2D eigenvalue weighted by Crippen LogP contribution is -2.26. The second-order valence-corrected chi connectivity index (χ2v) is 7.35. The van der Waals surface area contributed by atoms with Crippen molar-refractivity contribution in [2.75, 3.05) is 19.8 Å². The maximum absolute atomic E-state index is 12.6. The minimum Gasteiger partial charge on any atom is -0.381 e. The van der Waals surface area contributed by atoms with Crippen molar-refractivity contribution >= 4 is 16.8 Å². The minimum atomic E-state index is -0.0350. The molecule has 140 valence electrons. The molecule has 1 atom stereocenters. The first-order valence-corrected chi connectivity index (χ1v) is 9.51. The van der Waals surface area contributed by atoms with E-state index in [4.69, 9.17) is 4.74 Å². The van der Waals surface area contributed by atoms with Crippen LogP contribution in [0.2, 0.25) is 0 Å². The van der Waals surface area contributed by atoms with Crippen LogP contribution in [0.3, 0.4) is 0 Å². The molecule has 1 saturated heterocycles. The van der Waals surface area contributed by atoms with Crippen LogP contribution in [0.15, 0.2) is 42.5 Å². The van der Waals surface area contributed by atoms with Crippen LogP contribution >= 0.6 is 0 Å². The lowest BCUT2D eigenvalue weighted by atomic mass is 10.0. The number of fused-ring (bicyclic) bond motifs is 1. The molecular formula is C22H25N3O2. The first-order chi connectivity index (χ1) is 13.1. The summed E-state index contributed by atoms with van der Waals surface area (Å²) in [6.45, 7) is 4.42. The molecule has 0 spiro atoms. The van der Waals surface area contributed by atoms with Gasteiger partial charge in [0.15, 0.2) is 0 Å². The second kappa shape index (κ2) is 7.53. The normalized spacial score (nSPS) is 16.7. The number of carbonyl (C=O) groups is 1. The number of rotatable bonds is 5.